The van der Waals surface area contributed by atoms with Crippen LogP contribution in [0.1, 0.15) is 13.8 Å². The Labute approximate surface area is 118 Å². The lowest BCUT2D eigenvalue weighted by atomic mass is 9.76. The van der Waals surface area contributed by atoms with Gasteiger partial charge in [0.25, 0.3) is 5.92 Å². The van der Waals surface area contributed by atoms with Crippen LogP contribution in [0.3, 0.4) is 0 Å². The Kier molecular flexibility index (Phi) is 3.84. The van der Waals surface area contributed by atoms with Crippen LogP contribution in [0.5, 0.6) is 0 Å². The van der Waals surface area contributed by atoms with Gasteiger partial charge in [0, 0.05) is 25.7 Å². The fraction of sp³-hybridized carbons (Fsp3) is 0.917. The highest BCUT2D eigenvalue weighted by Crippen LogP contribution is 2.50. The highest BCUT2D eigenvalue weighted by Gasteiger charge is 2.66. The van der Waals surface area contributed by atoms with Crippen LogP contribution in [0.4, 0.5) is 26.7 Å². The first kappa shape index (κ1) is 16.3. The molecule has 0 aromatic carbocycles. The monoisotopic (exact) mass is 316 g/mol. The summed E-state index contributed by atoms with van der Waals surface area (Å²) in [4.78, 5) is 13.9. The molecular weight excluding hydrogens is 299 g/mol. The third-order valence-electron chi connectivity index (χ3n) is 4.02. The molecule has 9 heteroatoms. The maximum absolute atomic E-state index is 14.1. The van der Waals surface area contributed by atoms with E-state index in [1.54, 1.807) is 18.7 Å². The largest absolute Gasteiger partial charge is 0.440 e. The Morgan fingerprint density at radius 2 is 1.76 bits per heavy atom. The third kappa shape index (κ3) is 3.07. The first-order valence-corrected chi connectivity index (χ1v) is 6.56. The second kappa shape index (κ2) is 4.96. The molecule has 2 aliphatic rings. The predicted octanol–water partition coefficient (Wildman–Crippen LogP) is 2.35. The van der Waals surface area contributed by atoms with Crippen LogP contribution in [-0.2, 0) is 4.74 Å². The Morgan fingerprint density at radius 3 is 2.19 bits per heavy atom. The van der Waals surface area contributed by atoms with Crippen molar-refractivity contribution in [1.82, 2.24) is 9.80 Å². The Morgan fingerprint density at radius 1 is 1.19 bits per heavy atom. The number of carbonyl (C=O) groups excluding carboxylic acids is 1. The molecule has 4 nitrogen and oxygen atoms in total. The molecule has 0 atom stereocenters. The van der Waals surface area contributed by atoms with Gasteiger partial charge < -0.3 is 9.64 Å². The van der Waals surface area contributed by atoms with E-state index in [2.05, 4.69) is 4.74 Å². The van der Waals surface area contributed by atoms with Crippen molar-refractivity contribution >= 4 is 6.09 Å². The maximum atomic E-state index is 14.1. The van der Waals surface area contributed by atoms with Gasteiger partial charge in [-0.2, -0.15) is 13.2 Å². The van der Waals surface area contributed by atoms with Crippen LogP contribution in [0, 0.1) is 5.41 Å². The first-order valence-electron chi connectivity index (χ1n) is 6.56. The molecule has 2 rings (SSSR count). The van der Waals surface area contributed by atoms with E-state index in [4.69, 9.17) is 0 Å². The summed E-state index contributed by atoms with van der Waals surface area (Å²) in [5.41, 5.74) is -1.37. The van der Waals surface area contributed by atoms with Crippen LogP contribution in [0.15, 0.2) is 0 Å². The smallest absolute Gasteiger partial charge is 0.422 e. The third-order valence-corrected chi connectivity index (χ3v) is 4.02. The van der Waals surface area contributed by atoms with Crippen LogP contribution >= 0.6 is 0 Å². The standard InChI is InChI=1S/C12H17F5N2O2/c1-8(2)18-3-10(11(13,14)6-18)4-19(5-10)9(20)21-7-12(15,16)17/h8H,3-7H2,1-2H3. The summed E-state index contributed by atoms with van der Waals surface area (Å²) in [6.07, 6.45) is -5.82. The summed E-state index contributed by atoms with van der Waals surface area (Å²) >= 11 is 0. The SMILES string of the molecule is CC(C)N1CC(F)(F)C2(CN(C(=O)OCC(F)(F)F)C2)C1. The van der Waals surface area contributed by atoms with E-state index >= 15 is 0 Å². The zero-order chi connectivity index (χ0) is 16.1. The van der Waals surface area contributed by atoms with E-state index in [1.807, 2.05) is 0 Å². The summed E-state index contributed by atoms with van der Waals surface area (Å²) in [7, 11) is 0. The van der Waals surface area contributed by atoms with E-state index in [0.29, 0.717) is 0 Å². The number of hydrogen-bond acceptors (Lipinski definition) is 3. The number of ether oxygens (including phenoxy) is 1. The number of likely N-dealkylation sites (tertiary alicyclic amines) is 2. The van der Waals surface area contributed by atoms with Gasteiger partial charge in [0.05, 0.1) is 12.0 Å². The van der Waals surface area contributed by atoms with Gasteiger partial charge in [-0.15, -0.1) is 0 Å². The lowest BCUT2D eigenvalue weighted by molar-refractivity contribution is -0.174. The number of amides is 1. The minimum absolute atomic E-state index is 0.0542. The zero-order valence-corrected chi connectivity index (χ0v) is 11.7. The summed E-state index contributed by atoms with van der Waals surface area (Å²) in [5.74, 6) is -2.96. The molecule has 21 heavy (non-hydrogen) atoms. The lowest BCUT2D eigenvalue weighted by Crippen LogP contribution is -2.66. The van der Waals surface area contributed by atoms with E-state index < -0.39 is 36.8 Å². The Hall–Kier alpha value is -1.12. The topological polar surface area (TPSA) is 32.8 Å². The Balaban J connectivity index is 1.91. The van der Waals surface area contributed by atoms with E-state index in [0.717, 1.165) is 4.90 Å². The van der Waals surface area contributed by atoms with Crippen LogP contribution in [0.2, 0.25) is 0 Å². The normalized spacial score (nSPS) is 24.5. The van der Waals surface area contributed by atoms with Crippen LogP contribution in [0.25, 0.3) is 0 Å². The number of carbonyl (C=O) groups is 1. The molecule has 0 radical (unpaired) electrons. The van der Waals surface area contributed by atoms with Gasteiger partial charge in [-0.3, -0.25) is 4.90 Å². The molecule has 0 aromatic heterocycles. The molecule has 0 N–H and O–H groups in total. The van der Waals surface area contributed by atoms with E-state index in [9.17, 15) is 26.7 Å². The second-order valence-electron chi connectivity index (χ2n) is 6.01. The van der Waals surface area contributed by atoms with Crippen molar-refractivity contribution in [3.8, 4) is 0 Å². The Bertz CT molecular complexity index is 418. The molecular formula is C12H17F5N2O2. The number of rotatable bonds is 2. The van der Waals surface area contributed by atoms with Crippen molar-refractivity contribution in [2.45, 2.75) is 32.0 Å². The van der Waals surface area contributed by atoms with Gasteiger partial charge >= 0.3 is 12.3 Å². The van der Waals surface area contributed by atoms with Crippen LogP contribution in [-0.4, -0.2) is 66.8 Å². The van der Waals surface area contributed by atoms with Gasteiger partial charge in [0.1, 0.15) is 0 Å². The van der Waals surface area contributed by atoms with Crippen molar-refractivity contribution in [3.63, 3.8) is 0 Å². The van der Waals surface area contributed by atoms with Crippen molar-refractivity contribution in [1.29, 1.82) is 0 Å². The van der Waals surface area contributed by atoms with Crippen molar-refractivity contribution in [2.24, 2.45) is 5.41 Å². The summed E-state index contributed by atoms with van der Waals surface area (Å²) in [5, 5.41) is 0. The minimum atomic E-state index is -4.62. The molecule has 122 valence electrons. The zero-order valence-electron chi connectivity index (χ0n) is 11.7. The number of halogens is 5. The molecule has 0 aromatic rings. The highest BCUT2D eigenvalue weighted by molar-refractivity contribution is 5.69. The molecule has 1 spiro atoms. The fourth-order valence-electron chi connectivity index (χ4n) is 2.73. The van der Waals surface area contributed by atoms with Gasteiger partial charge in [-0.05, 0) is 13.8 Å². The number of hydrogen-bond donors (Lipinski definition) is 0. The van der Waals surface area contributed by atoms with Crippen molar-refractivity contribution in [2.75, 3.05) is 32.8 Å². The number of nitrogens with zero attached hydrogens (tertiary/aromatic N) is 2. The molecule has 0 aliphatic carbocycles. The minimum Gasteiger partial charge on any atom is -0.440 e. The average Bonchev–Trinajstić information content (AvgIpc) is 2.55. The molecule has 0 unspecified atom stereocenters. The molecule has 2 fully saturated rings. The van der Waals surface area contributed by atoms with Crippen LogP contribution < -0.4 is 0 Å². The van der Waals surface area contributed by atoms with Crippen molar-refractivity contribution in [3.05, 3.63) is 0 Å². The molecule has 0 saturated carbocycles. The quantitative estimate of drug-likeness (QED) is 0.733. The molecule has 2 heterocycles. The average molecular weight is 316 g/mol. The van der Waals surface area contributed by atoms with E-state index in [1.165, 1.54) is 0 Å². The molecule has 2 aliphatic heterocycles. The summed E-state index contributed by atoms with van der Waals surface area (Å²) in [6, 6.07) is -0.0542. The molecule has 2 saturated heterocycles. The number of alkyl halides is 5. The van der Waals surface area contributed by atoms with E-state index in [-0.39, 0.29) is 25.7 Å². The second-order valence-corrected chi connectivity index (χ2v) is 6.01. The van der Waals surface area contributed by atoms with Gasteiger partial charge in [-0.25, -0.2) is 13.6 Å². The summed E-state index contributed by atoms with van der Waals surface area (Å²) < 4.78 is 68.0. The predicted molar refractivity (Wildman–Crippen MR) is 63.1 cm³/mol. The summed E-state index contributed by atoms with van der Waals surface area (Å²) in [6.45, 7) is 1.06. The van der Waals surface area contributed by atoms with Gasteiger partial charge in [0.15, 0.2) is 6.61 Å². The highest BCUT2D eigenvalue weighted by atomic mass is 19.4. The fourth-order valence-corrected chi connectivity index (χ4v) is 2.73. The lowest BCUT2D eigenvalue weighted by Gasteiger charge is -2.49. The maximum Gasteiger partial charge on any atom is 0.422 e. The molecule has 1 amide bonds. The van der Waals surface area contributed by atoms with Crippen molar-refractivity contribution < 1.29 is 31.5 Å². The van der Waals surface area contributed by atoms with Gasteiger partial charge in [0.2, 0.25) is 0 Å². The molecule has 0 bridgehead atoms. The first-order chi connectivity index (χ1) is 9.46. The van der Waals surface area contributed by atoms with Gasteiger partial charge in [-0.1, -0.05) is 0 Å².